The molecule has 0 aromatic carbocycles. The summed E-state index contributed by atoms with van der Waals surface area (Å²) in [4.78, 5) is 14.5. The van der Waals surface area contributed by atoms with Crippen LogP contribution in [-0.4, -0.2) is 62.9 Å². The second-order valence-electron chi connectivity index (χ2n) is 5.84. The predicted octanol–water partition coefficient (Wildman–Crippen LogP) is 1.27. The average molecular weight is 286 g/mol. The fourth-order valence-corrected chi connectivity index (χ4v) is 2.45. The van der Waals surface area contributed by atoms with Gasteiger partial charge in [0.05, 0.1) is 13.2 Å². The highest BCUT2D eigenvalue weighted by atomic mass is 16.5. The summed E-state index contributed by atoms with van der Waals surface area (Å²) in [5.41, 5.74) is -0.674. The van der Waals surface area contributed by atoms with Crippen LogP contribution in [0.25, 0.3) is 0 Å². The van der Waals surface area contributed by atoms with E-state index in [2.05, 4.69) is 17.1 Å². The van der Waals surface area contributed by atoms with Gasteiger partial charge in [-0.2, -0.15) is 0 Å². The molecule has 20 heavy (non-hydrogen) atoms. The fourth-order valence-electron chi connectivity index (χ4n) is 2.45. The Bertz CT molecular complexity index is 307. The van der Waals surface area contributed by atoms with Crippen molar-refractivity contribution in [1.82, 2.24) is 10.2 Å². The maximum Gasteiger partial charge on any atom is 0.327 e. The summed E-state index contributed by atoms with van der Waals surface area (Å²) in [6, 6.07) is 0.479. The van der Waals surface area contributed by atoms with Gasteiger partial charge in [0.2, 0.25) is 0 Å². The Morgan fingerprint density at radius 1 is 1.50 bits per heavy atom. The van der Waals surface area contributed by atoms with Crippen molar-refractivity contribution >= 4 is 5.97 Å². The number of rotatable bonds is 10. The van der Waals surface area contributed by atoms with Crippen LogP contribution in [0.3, 0.4) is 0 Å². The number of esters is 1. The molecule has 0 aromatic heterocycles. The zero-order chi connectivity index (χ0) is 15.2. The second kappa shape index (κ2) is 7.96. The van der Waals surface area contributed by atoms with Crippen LogP contribution in [0, 0.1) is 5.92 Å². The Kier molecular flexibility index (Phi) is 6.92. The molecule has 0 radical (unpaired) electrons. The molecule has 1 aliphatic carbocycles. The van der Waals surface area contributed by atoms with Gasteiger partial charge in [0, 0.05) is 26.2 Å². The smallest absolute Gasteiger partial charge is 0.327 e. The fraction of sp³-hybridized carbons (Fsp3) is 0.933. The zero-order valence-corrected chi connectivity index (χ0v) is 13.6. The van der Waals surface area contributed by atoms with Crippen molar-refractivity contribution in [3.05, 3.63) is 0 Å². The highest BCUT2D eigenvalue weighted by Crippen LogP contribution is 2.35. The van der Waals surface area contributed by atoms with Gasteiger partial charge in [0.1, 0.15) is 5.54 Å². The van der Waals surface area contributed by atoms with Crippen molar-refractivity contribution in [2.24, 2.45) is 5.92 Å². The third-order valence-corrected chi connectivity index (χ3v) is 4.26. The third-order valence-electron chi connectivity index (χ3n) is 4.26. The van der Waals surface area contributed by atoms with Crippen LogP contribution >= 0.6 is 0 Å². The number of ether oxygens (including phenoxy) is 2. The van der Waals surface area contributed by atoms with E-state index in [4.69, 9.17) is 9.47 Å². The van der Waals surface area contributed by atoms with Crippen molar-refractivity contribution in [3.63, 3.8) is 0 Å². The number of carbonyl (C=O) groups is 1. The zero-order valence-electron chi connectivity index (χ0n) is 13.6. The first-order valence-electron chi connectivity index (χ1n) is 7.57. The molecule has 0 aromatic rings. The first kappa shape index (κ1) is 17.4. The molecule has 2 unspecified atom stereocenters. The second-order valence-corrected chi connectivity index (χ2v) is 5.84. The molecule has 1 N–H and O–H groups in total. The van der Waals surface area contributed by atoms with E-state index < -0.39 is 5.54 Å². The molecule has 0 heterocycles. The van der Waals surface area contributed by atoms with Gasteiger partial charge < -0.3 is 14.8 Å². The first-order chi connectivity index (χ1) is 9.48. The van der Waals surface area contributed by atoms with Gasteiger partial charge in [-0.1, -0.05) is 0 Å². The first-order valence-corrected chi connectivity index (χ1v) is 7.57. The van der Waals surface area contributed by atoms with Crippen LogP contribution in [0.5, 0.6) is 0 Å². The van der Waals surface area contributed by atoms with Gasteiger partial charge in [-0.15, -0.1) is 0 Å². The number of hydrogen-bond acceptors (Lipinski definition) is 5. The van der Waals surface area contributed by atoms with Crippen molar-refractivity contribution in [2.75, 3.05) is 40.5 Å². The van der Waals surface area contributed by atoms with Gasteiger partial charge in [0.15, 0.2) is 0 Å². The molecule has 1 rings (SSSR count). The molecule has 1 fully saturated rings. The molecular weight excluding hydrogens is 256 g/mol. The predicted molar refractivity (Wildman–Crippen MR) is 79.7 cm³/mol. The van der Waals surface area contributed by atoms with Gasteiger partial charge in [-0.05, 0) is 46.6 Å². The van der Waals surface area contributed by atoms with E-state index >= 15 is 0 Å². The molecule has 5 nitrogen and oxygen atoms in total. The Labute approximate surface area is 123 Å². The van der Waals surface area contributed by atoms with Crippen LogP contribution in [-0.2, 0) is 14.3 Å². The number of hydrogen-bond donors (Lipinski definition) is 1. The van der Waals surface area contributed by atoms with Crippen molar-refractivity contribution < 1.29 is 14.3 Å². The lowest BCUT2D eigenvalue weighted by Gasteiger charge is -2.37. The maximum atomic E-state index is 12.2. The van der Waals surface area contributed by atoms with E-state index in [-0.39, 0.29) is 5.97 Å². The third kappa shape index (κ3) is 4.72. The number of nitrogens with one attached hydrogen (secondary N) is 1. The molecule has 1 saturated carbocycles. The molecule has 0 spiro atoms. The minimum atomic E-state index is -0.674. The summed E-state index contributed by atoms with van der Waals surface area (Å²) in [7, 11) is 3.52. The Hall–Kier alpha value is -0.650. The standard InChI is InChI=1S/C15H30N2O3/c1-6-20-14(18)15(3,16-4)11-17(9-10-19-5)12(2)13-7-8-13/h12-13,16H,6-11H2,1-5H3. The summed E-state index contributed by atoms with van der Waals surface area (Å²) in [5, 5.41) is 3.13. The summed E-state index contributed by atoms with van der Waals surface area (Å²) in [6.45, 7) is 8.56. The molecule has 0 saturated heterocycles. The minimum Gasteiger partial charge on any atom is -0.465 e. The lowest BCUT2D eigenvalue weighted by atomic mass is 10.00. The number of methoxy groups -OCH3 is 1. The Balaban J connectivity index is 2.70. The summed E-state index contributed by atoms with van der Waals surface area (Å²) >= 11 is 0. The van der Waals surface area contributed by atoms with Crippen LogP contribution in [0.2, 0.25) is 0 Å². The number of nitrogens with zero attached hydrogens (tertiary/aromatic N) is 1. The number of carbonyl (C=O) groups excluding carboxylic acids is 1. The molecule has 1 aliphatic rings. The SMILES string of the molecule is CCOC(=O)C(C)(CN(CCOC)C(C)C1CC1)NC. The van der Waals surface area contributed by atoms with Crippen molar-refractivity contribution in [2.45, 2.75) is 45.2 Å². The molecule has 0 amide bonds. The molecule has 2 atom stereocenters. The molecule has 0 bridgehead atoms. The minimum absolute atomic E-state index is 0.187. The maximum absolute atomic E-state index is 12.2. The Morgan fingerprint density at radius 3 is 2.60 bits per heavy atom. The van der Waals surface area contributed by atoms with Crippen LogP contribution < -0.4 is 5.32 Å². The topological polar surface area (TPSA) is 50.8 Å². The van der Waals surface area contributed by atoms with Gasteiger partial charge in [0.25, 0.3) is 0 Å². The summed E-state index contributed by atoms with van der Waals surface area (Å²) in [6.07, 6.45) is 2.58. The average Bonchev–Trinajstić information content (AvgIpc) is 3.27. The van der Waals surface area contributed by atoms with Gasteiger partial charge in [-0.3, -0.25) is 9.69 Å². The lowest BCUT2D eigenvalue weighted by molar-refractivity contribution is -0.151. The molecular formula is C15H30N2O3. The van der Waals surface area contributed by atoms with E-state index in [1.165, 1.54) is 12.8 Å². The normalized spacial score (nSPS) is 19.7. The van der Waals surface area contributed by atoms with Crippen LogP contribution in [0.15, 0.2) is 0 Å². The van der Waals surface area contributed by atoms with E-state index in [1.54, 1.807) is 7.11 Å². The van der Waals surface area contributed by atoms with Gasteiger partial charge in [-0.25, -0.2) is 0 Å². The molecule has 118 valence electrons. The van der Waals surface area contributed by atoms with E-state index in [0.29, 0.717) is 25.8 Å². The van der Waals surface area contributed by atoms with Gasteiger partial charge >= 0.3 is 5.97 Å². The highest BCUT2D eigenvalue weighted by Gasteiger charge is 2.39. The van der Waals surface area contributed by atoms with Crippen LogP contribution in [0.4, 0.5) is 0 Å². The van der Waals surface area contributed by atoms with E-state index in [9.17, 15) is 4.79 Å². The summed E-state index contributed by atoms with van der Waals surface area (Å²) < 4.78 is 10.4. The van der Waals surface area contributed by atoms with Crippen molar-refractivity contribution in [3.8, 4) is 0 Å². The molecule has 5 heteroatoms. The van der Waals surface area contributed by atoms with E-state index in [1.807, 2.05) is 20.9 Å². The highest BCUT2D eigenvalue weighted by molar-refractivity contribution is 5.80. The quantitative estimate of drug-likeness (QED) is 0.613. The van der Waals surface area contributed by atoms with E-state index in [0.717, 1.165) is 12.5 Å². The lowest BCUT2D eigenvalue weighted by Crippen LogP contribution is -2.58. The summed E-state index contributed by atoms with van der Waals surface area (Å²) in [5.74, 6) is 0.572. The Morgan fingerprint density at radius 2 is 2.15 bits per heavy atom. The van der Waals surface area contributed by atoms with Crippen molar-refractivity contribution in [1.29, 1.82) is 0 Å². The monoisotopic (exact) mass is 286 g/mol. The molecule has 0 aliphatic heterocycles. The number of likely N-dealkylation sites (N-methyl/N-ethyl adjacent to an activating group) is 1. The van der Waals surface area contributed by atoms with Crippen LogP contribution in [0.1, 0.15) is 33.6 Å². The largest absolute Gasteiger partial charge is 0.465 e.